The van der Waals surface area contributed by atoms with E-state index in [0.29, 0.717) is 21.7 Å². The SMILES string of the molecule is Cc1cc(C(=O)Nc2cnc(Br)cn2)ccc1N. The Morgan fingerprint density at radius 1 is 1.33 bits per heavy atom. The van der Waals surface area contributed by atoms with Gasteiger partial charge in [-0.2, -0.15) is 0 Å². The molecule has 0 radical (unpaired) electrons. The van der Waals surface area contributed by atoms with Crippen molar-refractivity contribution in [3.63, 3.8) is 0 Å². The van der Waals surface area contributed by atoms with Crippen molar-refractivity contribution in [2.45, 2.75) is 6.92 Å². The molecule has 3 N–H and O–H groups in total. The Labute approximate surface area is 113 Å². The molecule has 5 nitrogen and oxygen atoms in total. The lowest BCUT2D eigenvalue weighted by molar-refractivity contribution is 0.102. The zero-order valence-electron chi connectivity index (χ0n) is 9.64. The van der Waals surface area contributed by atoms with Crippen LogP contribution in [-0.2, 0) is 0 Å². The van der Waals surface area contributed by atoms with Gasteiger partial charge in [0.15, 0.2) is 5.82 Å². The molecular formula is C12H11BrN4O. The van der Waals surface area contributed by atoms with Gasteiger partial charge in [-0.25, -0.2) is 9.97 Å². The minimum atomic E-state index is -0.241. The number of carbonyl (C=O) groups excluding carboxylic acids is 1. The normalized spacial score (nSPS) is 10.1. The van der Waals surface area contributed by atoms with Gasteiger partial charge in [-0.1, -0.05) is 0 Å². The van der Waals surface area contributed by atoms with Crippen LogP contribution < -0.4 is 11.1 Å². The highest BCUT2D eigenvalue weighted by Crippen LogP contribution is 2.14. The third-order valence-electron chi connectivity index (χ3n) is 2.39. The Bertz CT molecular complexity index is 583. The zero-order valence-corrected chi connectivity index (χ0v) is 11.2. The Morgan fingerprint density at radius 3 is 2.72 bits per heavy atom. The summed E-state index contributed by atoms with van der Waals surface area (Å²) < 4.78 is 0.615. The molecule has 0 unspecified atom stereocenters. The smallest absolute Gasteiger partial charge is 0.256 e. The molecule has 92 valence electrons. The highest BCUT2D eigenvalue weighted by Gasteiger charge is 2.08. The average Bonchev–Trinajstić information content (AvgIpc) is 2.35. The molecule has 1 amide bonds. The number of anilines is 2. The van der Waals surface area contributed by atoms with E-state index in [1.807, 2.05) is 6.92 Å². The number of nitrogens with two attached hydrogens (primary N) is 1. The molecule has 0 fully saturated rings. The fourth-order valence-corrected chi connectivity index (χ4v) is 1.59. The quantitative estimate of drug-likeness (QED) is 0.835. The molecule has 6 heteroatoms. The van der Waals surface area contributed by atoms with E-state index < -0.39 is 0 Å². The van der Waals surface area contributed by atoms with Gasteiger partial charge in [0.25, 0.3) is 5.91 Å². The molecule has 0 aliphatic heterocycles. The first-order valence-corrected chi connectivity index (χ1v) is 6.00. The molecule has 1 aromatic carbocycles. The molecule has 0 aliphatic carbocycles. The predicted molar refractivity (Wildman–Crippen MR) is 73.3 cm³/mol. The van der Waals surface area contributed by atoms with Crippen molar-refractivity contribution in [3.8, 4) is 0 Å². The van der Waals surface area contributed by atoms with Crippen molar-refractivity contribution in [2.75, 3.05) is 11.1 Å². The third-order valence-corrected chi connectivity index (χ3v) is 2.80. The fraction of sp³-hybridized carbons (Fsp3) is 0.0833. The van der Waals surface area contributed by atoms with E-state index in [0.717, 1.165) is 5.56 Å². The van der Waals surface area contributed by atoms with Crippen molar-refractivity contribution in [1.29, 1.82) is 0 Å². The van der Waals surface area contributed by atoms with Gasteiger partial charge in [-0.3, -0.25) is 4.79 Å². The highest BCUT2D eigenvalue weighted by atomic mass is 79.9. The van der Waals surface area contributed by atoms with Gasteiger partial charge in [0.2, 0.25) is 0 Å². The maximum atomic E-state index is 11.9. The van der Waals surface area contributed by atoms with Gasteiger partial charge in [0, 0.05) is 11.3 Å². The van der Waals surface area contributed by atoms with Gasteiger partial charge < -0.3 is 11.1 Å². The number of carbonyl (C=O) groups is 1. The van der Waals surface area contributed by atoms with E-state index >= 15 is 0 Å². The lowest BCUT2D eigenvalue weighted by atomic mass is 10.1. The largest absolute Gasteiger partial charge is 0.399 e. The van der Waals surface area contributed by atoms with Crippen LogP contribution in [0.1, 0.15) is 15.9 Å². The van der Waals surface area contributed by atoms with Crippen molar-refractivity contribution >= 4 is 33.3 Å². The number of nitrogens with zero attached hydrogens (tertiary/aromatic N) is 2. The molecular weight excluding hydrogens is 296 g/mol. The predicted octanol–water partition coefficient (Wildman–Crippen LogP) is 2.38. The molecule has 1 aromatic heterocycles. The Morgan fingerprint density at radius 2 is 2.11 bits per heavy atom. The summed E-state index contributed by atoms with van der Waals surface area (Å²) in [5.74, 6) is 0.160. The number of nitrogens with one attached hydrogen (secondary N) is 1. The van der Waals surface area contributed by atoms with Crippen LogP contribution in [0.3, 0.4) is 0 Å². The highest BCUT2D eigenvalue weighted by molar-refractivity contribution is 9.10. The molecule has 0 bridgehead atoms. The molecule has 2 aromatic rings. The van der Waals surface area contributed by atoms with Gasteiger partial charge in [-0.05, 0) is 46.6 Å². The summed E-state index contributed by atoms with van der Waals surface area (Å²) in [5.41, 5.74) is 7.76. The van der Waals surface area contributed by atoms with E-state index in [2.05, 4.69) is 31.2 Å². The first-order chi connectivity index (χ1) is 8.56. The number of amides is 1. The van der Waals surface area contributed by atoms with Crippen molar-refractivity contribution in [3.05, 3.63) is 46.3 Å². The van der Waals surface area contributed by atoms with Crippen LogP contribution in [0.4, 0.5) is 11.5 Å². The minimum absolute atomic E-state index is 0.241. The van der Waals surface area contributed by atoms with Gasteiger partial charge in [-0.15, -0.1) is 0 Å². The van der Waals surface area contributed by atoms with Crippen molar-refractivity contribution in [2.24, 2.45) is 0 Å². The molecule has 2 rings (SSSR count). The van der Waals surface area contributed by atoms with Crippen LogP contribution in [0.15, 0.2) is 35.2 Å². The Hall–Kier alpha value is -1.95. The number of halogens is 1. The molecule has 0 atom stereocenters. The number of aromatic nitrogens is 2. The molecule has 0 spiro atoms. The summed E-state index contributed by atoms with van der Waals surface area (Å²) in [6.07, 6.45) is 3.00. The van der Waals surface area contributed by atoms with E-state index in [9.17, 15) is 4.79 Å². The number of hydrogen-bond donors (Lipinski definition) is 2. The second-order valence-corrected chi connectivity index (χ2v) is 4.56. The van der Waals surface area contributed by atoms with Gasteiger partial charge in [0.05, 0.1) is 12.4 Å². The first-order valence-electron chi connectivity index (χ1n) is 5.21. The molecule has 0 saturated carbocycles. The summed E-state index contributed by atoms with van der Waals surface area (Å²) in [7, 11) is 0. The molecule has 1 heterocycles. The van der Waals surface area contributed by atoms with E-state index in [1.165, 1.54) is 12.4 Å². The number of rotatable bonds is 2. The second kappa shape index (κ2) is 5.14. The van der Waals surface area contributed by atoms with Gasteiger partial charge >= 0.3 is 0 Å². The van der Waals surface area contributed by atoms with Gasteiger partial charge in [0.1, 0.15) is 4.60 Å². The minimum Gasteiger partial charge on any atom is -0.399 e. The Balaban J connectivity index is 2.16. The molecule has 18 heavy (non-hydrogen) atoms. The zero-order chi connectivity index (χ0) is 13.1. The Kier molecular flexibility index (Phi) is 3.57. The standard InChI is InChI=1S/C12H11BrN4O/c1-7-4-8(2-3-9(7)14)12(18)17-11-6-15-10(13)5-16-11/h2-6H,14H2,1H3,(H,16,17,18). The average molecular weight is 307 g/mol. The summed E-state index contributed by atoms with van der Waals surface area (Å²) in [6.45, 7) is 1.85. The van der Waals surface area contributed by atoms with Crippen LogP contribution in [0.5, 0.6) is 0 Å². The summed E-state index contributed by atoms with van der Waals surface area (Å²) in [6, 6.07) is 5.11. The molecule has 0 aliphatic rings. The third kappa shape index (κ3) is 2.84. The number of aryl methyl sites for hydroxylation is 1. The van der Waals surface area contributed by atoms with E-state index in [4.69, 9.17) is 5.73 Å². The van der Waals surface area contributed by atoms with E-state index in [1.54, 1.807) is 18.2 Å². The number of nitrogen functional groups attached to an aromatic ring is 1. The van der Waals surface area contributed by atoms with Crippen molar-refractivity contribution in [1.82, 2.24) is 9.97 Å². The molecule has 0 saturated heterocycles. The maximum Gasteiger partial charge on any atom is 0.256 e. The topological polar surface area (TPSA) is 80.9 Å². The van der Waals surface area contributed by atoms with Crippen molar-refractivity contribution < 1.29 is 4.79 Å². The monoisotopic (exact) mass is 306 g/mol. The summed E-state index contributed by atoms with van der Waals surface area (Å²) in [4.78, 5) is 19.9. The summed E-state index contributed by atoms with van der Waals surface area (Å²) >= 11 is 3.17. The van der Waals surface area contributed by atoms with Crippen LogP contribution in [0, 0.1) is 6.92 Å². The fourth-order valence-electron chi connectivity index (χ4n) is 1.38. The van der Waals surface area contributed by atoms with Crippen LogP contribution in [-0.4, -0.2) is 15.9 Å². The maximum absolute atomic E-state index is 11.9. The lowest BCUT2D eigenvalue weighted by Crippen LogP contribution is -2.13. The van der Waals surface area contributed by atoms with E-state index in [-0.39, 0.29) is 5.91 Å². The number of hydrogen-bond acceptors (Lipinski definition) is 4. The first kappa shape index (κ1) is 12.5. The number of benzene rings is 1. The van der Waals surface area contributed by atoms with Crippen LogP contribution >= 0.6 is 15.9 Å². The summed E-state index contributed by atoms with van der Waals surface area (Å²) in [5, 5.41) is 2.66. The van der Waals surface area contributed by atoms with Crippen LogP contribution in [0.25, 0.3) is 0 Å². The van der Waals surface area contributed by atoms with Crippen LogP contribution in [0.2, 0.25) is 0 Å². The second-order valence-electron chi connectivity index (χ2n) is 3.75. The lowest BCUT2D eigenvalue weighted by Gasteiger charge is -2.06.